The zero-order valence-electron chi connectivity index (χ0n) is 12.7. The number of benzene rings is 2. The minimum Gasteiger partial charge on any atom is -0.484 e. The van der Waals surface area contributed by atoms with E-state index in [2.05, 4.69) is 0 Å². The van der Waals surface area contributed by atoms with Crippen molar-refractivity contribution in [2.45, 2.75) is 6.54 Å². The summed E-state index contributed by atoms with van der Waals surface area (Å²) in [5.74, 6) is -0.305. The number of nitrogens with zero attached hydrogens (tertiary/aromatic N) is 1. The average molecular weight is 333 g/mol. The summed E-state index contributed by atoms with van der Waals surface area (Å²) in [6, 6.07) is 14.0. The van der Waals surface area contributed by atoms with Gasteiger partial charge in [-0.15, -0.1) is 0 Å². The van der Waals surface area contributed by atoms with Gasteiger partial charge in [-0.25, -0.2) is 0 Å². The maximum Gasteiger partial charge on any atom is 0.255 e. The fourth-order valence-electron chi connectivity index (χ4n) is 2.07. The molecule has 0 fully saturated rings. The summed E-state index contributed by atoms with van der Waals surface area (Å²) in [5, 5.41) is 0.630. The van der Waals surface area contributed by atoms with Crippen molar-refractivity contribution in [2.24, 2.45) is 5.73 Å². The van der Waals surface area contributed by atoms with Crippen LogP contribution in [0.4, 0.5) is 0 Å². The average Bonchev–Trinajstić information content (AvgIpc) is 2.52. The van der Waals surface area contributed by atoms with Gasteiger partial charge in [0.2, 0.25) is 0 Å². The van der Waals surface area contributed by atoms with Crippen LogP contribution in [0.3, 0.4) is 0 Å². The van der Waals surface area contributed by atoms with Gasteiger partial charge in [-0.3, -0.25) is 9.59 Å². The van der Waals surface area contributed by atoms with Crippen LogP contribution in [0.5, 0.6) is 5.75 Å². The van der Waals surface area contributed by atoms with Gasteiger partial charge < -0.3 is 15.4 Å². The van der Waals surface area contributed by atoms with Gasteiger partial charge in [0, 0.05) is 24.2 Å². The van der Waals surface area contributed by atoms with Gasteiger partial charge in [0.25, 0.3) is 11.8 Å². The Balaban J connectivity index is 2.07. The number of carbonyl (C=O) groups is 2. The first-order valence-corrected chi connectivity index (χ1v) is 7.34. The minimum absolute atomic E-state index is 0.158. The van der Waals surface area contributed by atoms with E-state index in [4.69, 9.17) is 22.1 Å². The van der Waals surface area contributed by atoms with Crippen molar-refractivity contribution in [3.05, 3.63) is 64.7 Å². The molecule has 2 aromatic rings. The Kier molecular flexibility index (Phi) is 5.60. The van der Waals surface area contributed by atoms with Gasteiger partial charge in [-0.2, -0.15) is 0 Å². The second-order valence-electron chi connectivity index (χ2n) is 5.07. The molecule has 0 heterocycles. The van der Waals surface area contributed by atoms with Crippen molar-refractivity contribution in [3.8, 4) is 5.75 Å². The molecule has 0 aliphatic carbocycles. The zero-order chi connectivity index (χ0) is 16.8. The van der Waals surface area contributed by atoms with Crippen LogP contribution in [-0.4, -0.2) is 30.4 Å². The van der Waals surface area contributed by atoms with Crippen molar-refractivity contribution in [3.63, 3.8) is 0 Å². The van der Waals surface area contributed by atoms with Crippen LogP contribution in [0.2, 0.25) is 5.02 Å². The molecule has 0 saturated carbocycles. The number of ether oxygens (including phenoxy) is 1. The van der Waals surface area contributed by atoms with Gasteiger partial charge in [0.05, 0.1) is 0 Å². The highest BCUT2D eigenvalue weighted by Crippen LogP contribution is 2.17. The molecular formula is C17H17ClN2O3. The third-order valence-electron chi connectivity index (χ3n) is 3.12. The second kappa shape index (κ2) is 7.65. The van der Waals surface area contributed by atoms with Gasteiger partial charge in [0.15, 0.2) is 6.61 Å². The van der Waals surface area contributed by atoms with E-state index in [1.54, 1.807) is 42.3 Å². The first kappa shape index (κ1) is 16.8. The highest BCUT2D eigenvalue weighted by molar-refractivity contribution is 6.30. The second-order valence-corrected chi connectivity index (χ2v) is 5.51. The van der Waals surface area contributed by atoms with E-state index >= 15 is 0 Å². The molecule has 0 atom stereocenters. The van der Waals surface area contributed by atoms with Gasteiger partial charge in [-0.1, -0.05) is 29.8 Å². The smallest absolute Gasteiger partial charge is 0.255 e. The summed E-state index contributed by atoms with van der Waals surface area (Å²) in [5.41, 5.74) is 6.44. The number of rotatable bonds is 6. The van der Waals surface area contributed by atoms with E-state index in [1.165, 1.54) is 0 Å². The first-order valence-electron chi connectivity index (χ1n) is 6.97. The van der Waals surface area contributed by atoms with Gasteiger partial charge >= 0.3 is 0 Å². The third-order valence-corrected chi connectivity index (χ3v) is 3.35. The number of carbonyl (C=O) groups excluding carboxylic acids is 2. The van der Waals surface area contributed by atoms with Crippen LogP contribution in [0.15, 0.2) is 48.5 Å². The van der Waals surface area contributed by atoms with E-state index in [-0.39, 0.29) is 12.5 Å². The zero-order valence-corrected chi connectivity index (χ0v) is 13.4. The number of primary amides is 1. The molecule has 0 aliphatic rings. The molecule has 0 aromatic heterocycles. The van der Waals surface area contributed by atoms with Crippen LogP contribution >= 0.6 is 11.6 Å². The van der Waals surface area contributed by atoms with E-state index in [0.717, 1.165) is 5.56 Å². The molecule has 0 aliphatic heterocycles. The number of hydrogen-bond donors (Lipinski definition) is 1. The monoisotopic (exact) mass is 332 g/mol. The highest BCUT2D eigenvalue weighted by atomic mass is 35.5. The largest absolute Gasteiger partial charge is 0.484 e. The van der Waals surface area contributed by atoms with E-state index in [1.807, 2.05) is 18.2 Å². The van der Waals surface area contributed by atoms with Crippen molar-refractivity contribution >= 4 is 23.4 Å². The summed E-state index contributed by atoms with van der Waals surface area (Å²) in [7, 11) is 1.71. The lowest BCUT2D eigenvalue weighted by Crippen LogP contribution is -2.26. The molecule has 2 aromatic carbocycles. The van der Waals surface area contributed by atoms with Crippen LogP contribution in [0, 0.1) is 0 Å². The van der Waals surface area contributed by atoms with Gasteiger partial charge in [0.1, 0.15) is 5.75 Å². The fourth-order valence-corrected chi connectivity index (χ4v) is 2.29. The molecule has 0 saturated heterocycles. The molecule has 2 rings (SSSR count). The predicted octanol–water partition coefficient (Wildman–Crippen LogP) is 2.48. The van der Waals surface area contributed by atoms with Gasteiger partial charge in [-0.05, 0) is 35.9 Å². The number of amides is 2. The van der Waals surface area contributed by atoms with Crippen LogP contribution in [0.1, 0.15) is 15.9 Å². The quantitative estimate of drug-likeness (QED) is 0.883. The third kappa shape index (κ3) is 5.00. The van der Waals surface area contributed by atoms with Crippen LogP contribution < -0.4 is 10.5 Å². The summed E-state index contributed by atoms with van der Waals surface area (Å²) in [6.45, 7) is 0.210. The lowest BCUT2D eigenvalue weighted by Gasteiger charge is -2.18. The molecule has 0 spiro atoms. The SMILES string of the molecule is CN(Cc1cccc(Cl)c1)C(=O)c1cccc(OCC(N)=O)c1. The summed E-state index contributed by atoms with van der Waals surface area (Å²) in [6.07, 6.45) is 0. The molecule has 120 valence electrons. The first-order chi connectivity index (χ1) is 11.0. The molecule has 6 heteroatoms. The number of halogens is 1. The number of nitrogens with two attached hydrogens (primary N) is 1. The van der Waals surface area contributed by atoms with Crippen molar-refractivity contribution in [2.75, 3.05) is 13.7 Å². The molecule has 0 unspecified atom stereocenters. The lowest BCUT2D eigenvalue weighted by molar-refractivity contribution is -0.119. The molecule has 5 nitrogen and oxygen atoms in total. The Morgan fingerprint density at radius 2 is 1.91 bits per heavy atom. The molecule has 0 bridgehead atoms. The molecular weight excluding hydrogens is 316 g/mol. The molecule has 2 amide bonds. The van der Waals surface area contributed by atoms with E-state index < -0.39 is 5.91 Å². The summed E-state index contributed by atoms with van der Waals surface area (Å²) in [4.78, 5) is 24.8. The molecule has 0 radical (unpaired) electrons. The van der Waals surface area contributed by atoms with E-state index in [0.29, 0.717) is 22.9 Å². The fraction of sp³-hybridized carbons (Fsp3) is 0.176. The lowest BCUT2D eigenvalue weighted by atomic mass is 10.1. The van der Waals surface area contributed by atoms with Crippen LogP contribution in [-0.2, 0) is 11.3 Å². The highest BCUT2D eigenvalue weighted by Gasteiger charge is 2.13. The normalized spacial score (nSPS) is 10.2. The standard InChI is InChI=1S/C17H17ClN2O3/c1-20(10-12-4-2-6-14(18)8-12)17(22)13-5-3-7-15(9-13)23-11-16(19)21/h2-9H,10-11H2,1H3,(H2,19,21). The van der Waals surface area contributed by atoms with Crippen molar-refractivity contribution in [1.82, 2.24) is 4.90 Å². The maximum atomic E-state index is 12.5. The minimum atomic E-state index is -0.570. The predicted molar refractivity (Wildman–Crippen MR) is 88.4 cm³/mol. The topological polar surface area (TPSA) is 72.6 Å². The Hall–Kier alpha value is -2.53. The Labute approximate surface area is 139 Å². The maximum absolute atomic E-state index is 12.5. The van der Waals surface area contributed by atoms with E-state index in [9.17, 15) is 9.59 Å². The number of hydrogen-bond acceptors (Lipinski definition) is 3. The Bertz CT molecular complexity index is 718. The van der Waals surface area contributed by atoms with Crippen LogP contribution in [0.25, 0.3) is 0 Å². The Morgan fingerprint density at radius 3 is 2.61 bits per heavy atom. The molecule has 2 N–H and O–H groups in total. The summed E-state index contributed by atoms with van der Waals surface area (Å²) >= 11 is 5.95. The molecule has 23 heavy (non-hydrogen) atoms. The van der Waals surface area contributed by atoms with Crippen molar-refractivity contribution in [1.29, 1.82) is 0 Å². The van der Waals surface area contributed by atoms with Crippen molar-refractivity contribution < 1.29 is 14.3 Å². The summed E-state index contributed by atoms with van der Waals surface area (Å²) < 4.78 is 5.21. The Morgan fingerprint density at radius 1 is 1.17 bits per heavy atom.